The number of hydrogen-bond acceptors (Lipinski definition) is 5. The Bertz CT molecular complexity index is 1040. The first-order valence-electron chi connectivity index (χ1n) is 9.77. The van der Waals surface area contributed by atoms with E-state index in [9.17, 15) is 9.59 Å². The zero-order valence-corrected chi connectivity index (χ0v) is 17.4. The third kappa shape index (κ3) is 4.16. The van der Waals surface area contributed by atoms with E-state index in [2.05, 4.69) is 33.7 Å². The number of methoxy groups -OCH3 is 1. The van der Waals surface area contributed by atoms with Gasteiger partial charge in [0.15, 0.2) is 0 Å². The minimum atomic E-state index is -0.716. The molecule has 0 saturated carbocycles. The topological polar surface area (TPSA) is 70.7 Å². The Hall–Kier alpha value is -3.32. The van der Waals surface area contributed by atoms with Crippen LogP contribution in [0.1, 0.15) is 16.5 Å². The lowest BCUT2D eigenvalue weighted by Crippen LogP contribution is -2.41. The number of rotatable bonds is 6. The molecule has 0 bridgehead atoms. The van der Waals surface area contributed by atoms with Gasteiger partial charge in [0.25, 0.3) is 0 Å². The van der Waals surface area contributed by atoms with Crippen molar-refractivity contribution >= 4 is 34.5 Å². The number of fused-ring (bicyclic) bond motifs is 1. The van der Waals surface area contributed by atoms with Gasteiger partial charge >= 0.3 is 11.8 Å². The lowest BCUT2D eigenvalue weighted by molar-refractivity contribution is -0.136. The highest BCUT2D eigenvalue weighted by Gasteiger charge is 2.28. The second-order valence-electron chi connectivity index (χ2n) is 6.97. The van der Waals surface area contributed by atoms with Crippen LogP contribution in [0.5, 0.6) is 5.75 Å². The van der Waals surface area contributed by atoms with Crippen LogP contribution < -0.4 is 20.3 Å². The molecule has 0 saturated heterocycles. The Morgan fingerprint density at radius 3 is 2.67 bits per heavy atom. The van der Waals surface area contributed by atoms with E-state index in [1.807, 2.05) is 23.6 Å². The molecule has 2 aromatic carbocycles. The van der Waals surface area contributed by atoms with Crippen LogP contribution in [-0.2, 0) is 16.0 Å². The number of thiophene rings is 1. The van der Waals surface area contributed by atoms with Gasteiger partial charge in [-0.25, -0.2) is 0 Å². The summed E-state index contributed by atoms with van der Waals surface area (Å²) in [4.78, 5) is 28.4. The van der Waals surface area contributed by atoms with Gasteiger partial charge in [-0.2, -0.15) is 0 Å². The normalized spacial score (nSPS) is 13.4. The number of amides is 2. The number of anilines is 2. The van der Waals surface area contributed by atoms with Crippen molar-refractivity contribution in [1.82, 2.24) is 5.32 Å². The zero-order valence-electron chi connectivity index (χ0n) is 16.6. The van der Waals surface area contributed by atoms with Crippen molar-refractivity contribution in [3.05, 3.63) is 76.5 Å². The fourth-order valence-corrected chi connectivity index (χ4v) is 4.57. The molecule has 1 aliphatic heterocycles. The van der Waals surface area contributed by atoms with Crippen molar-refractivity contribution in [3.63, 3.8) is 0 Å². The minimum Gasteiger partial charge on any atom is -0.495 e. The molecule has 1 aromatic heterocycles. The molecule has 0 spiro atoms. The number of nitrogens with one attached hydrogen (secondary N) is 2. The molecule has 2 heterocycles. The number of benzene rings is 2. The Kier molecular flexibility index (Phi) is 5.99. The molecule has 2 N–H and O–H groups in total. The van der Waals surface area contributed by atoms with Gasteiger partial charge in [0.1, 0.15) is 5.75 Å². The Balaban J connectivity index is 1.45. The van der Waals surface area contributed by atoms with Crippen LogP contribution in [0.15, 0.2) is 66.0 Å². The van der Waals surface area contributed by atoms with E-state index in [4.69, 9.17) is 4.74 Å². The predicted octanol–water partition coefficient (Wildman–Crippen LogP) is 3.62. The van der Waals surface area contributed by atoms with Crippen LogP contribution in [0.4, 0.5) is 11.4 Å². The van der Waals surface area contributed by atoms with Gasteiger partial charge in [-0.3, -0.25) is 9.59 Å². The molecule has 6 nitrogen and oxygen atoms in total. The van der Waals surface area contributed by atoms with Gasteiger partial charge in [-0.1, -0.05) is 36.4 Å². The molecule has 1 atom stereocenters. The molecule has 30 heavy (non-hydrogen) atoms. The second kappa shape index (κ2) is 9.00. The van der Waals surface area contributed by atoms with Gasteiger partial charge in [0.05, 0.1) is 18.8 Å². The molecule has 0 aliphatic carbocycles. The summed E-state index contributed by atoms with van der Waals surface area (Å²) in [6.07, 6.45) is 0.973. The fourth-order valence-electron chi connectivity index (χ4n) is 3.73. The van der Waals surface area contributed by atoms with E-state index in [-0.39, 0.29) is 6.04 Å². The molecule has 3 aromatic rings. The number of ether oxygens (including phenoxy) is 1. The van der Waals surface area contributed by atoms with Crippen LogP contribution in [0.3, 0.4) is 0 Å². The Morgan fingerprint density at radius 2 is 1.87 bits per heavy atom. The van der Waals surface area contributed by atoms with Gasteiger partial charge in [-0.15, -0.1) is 11.3 Å². The average Bonchev–Trinajstić information content (AvgIpc) is 3.45. The van der Waals surface area contributed by atoms with E-state index in [0.29, 0.717) is 18.0 Å². The lowest BCUT2D eigenvalue weighted by Gasteiger charge is -2.30. The summed E-state index contributed by atoms with van der Waals surface area (Å²) in [6.45, 7) is 1.22. The maximum atomic E-state index is 12.5. The summed E-state index contributed by atoms with van der Waals surface area (Å²) < 4.78 is 5.22. The minimum absolute atomic E-state index is 0.0309. The Morgan fingerprint density at radius 1 is 1.07 bits per heavy atom. The lowest BCUT2D eigenvalue weighted by atomic mass is 10.1. The van der Waals surface area contributed by atoms with Crippen LogP contribution >= 0.6 is 11.3 Å². The molecule has 4 rings (SSSR count). The summed E-state index contributed by atoms with van der Waals surface area (Å²) in [7, 11) is 1.52. The van der Waals surface area contributed by atoms with Crippen LogP contribution in [0.25, 0.3) is 0 Å². The predicted molar refractivity (Wildman–Crippen MR) is 119 cm³/mol. The molecule has 7 heteroatoms. The molecule has 1 aliphatic rings. The first-order valence-corrected chi connectivity index (χ1v) is 10.7. The van der Waals surface area contributed by atoms with Gasteiger partial charge in [0, 0.05) is 23.7 Å². The van der Waals surface area contributed by atoms with E-state index in [1.165, 1.54) is 18.4 Å². The second-order valence-corrected chi connectivity index (χ2v) is 7.95. The number of carbonyl (C=O) groups excluding carboxylic acids is 2. The molecular weight excluding hydrogens is 398 g/mol. The summed E-state index contributed by atoms with van der Waals surface area (Å²) in [5, 5.41) is 7.46. The Labute approximate surface area is 179 Å². The van der Waals surface area contributed by atoms with Crippen LogP contribution in [-0.4, -0.2) is 32.0 Å². The van der Waals surface area contributed by atoms with Gasteiger partial charge in [-0.05, 0) is 41.6 Å². The highest BCUT2D eigenvalue weighted by molar-refractivity contribution is 7.10. The number of hydrogen-bond donors (Lipinski definition) is 2. The fraction of sp³-hybridized carbons (Fsp3) is 0.217. The zero-order chi connectivity index (χ0) is 20.9. The molecule has 0 fully saturated rings. The van der Waals surface area contributed by atoms with E-state index >= 15 is 0 Å². The van der Waals surface area contributed by atoms with E-state index in [0.717, 1.165) is 17.8 Å². The third-order valence-electron chi connectivity index (χ3n) is 5.19. The smallest absolute Gasteiger partial charge is 0.313 e. The summed E-state index contributed by atoms with van der Waals surface area (Å²) in [5.74, 6) is -0.884. The summed E-state index contributed by atoms with van der Waals surface area (Å²) >= 11 is 1.65. The van der Waals surface area contributed by atoms with Crippen molar-refractivity contribution in [2.75, 3.05) is 30.4 Å². The monoisotopic (exact) mass is 421 g/mol. The highest BCUT2D eigenvalue weighted by Crippen LogP contribution is 2.36. The quantitative estimate of drug-likeness (QED) is 0.597. The largest absolute Gasteiger partial charge is 0.495 e. The van der Waals surface area contributed by atoms with Gasteiger partial charge in [0.2, 0.25) is 0 Å². The van der Waals surface area contributed by atoms with Gasteiger partial charge < -0.3 is 20.3 Å². The van der Waals surface area contributed by atoms with Crippen LogP contribution in [0.2, 0.25) is 0 Å². The maximum Gasteiger partial charge on any atom is 0.313 e. The highest BCUT2D eigenvalue weighted by atomic mass is 32.1. The van der Waals surface area contributed by atoms with Crippen molar-refractivity contribution in [3.8, 4) is 5.75 Å². The summed E-state index contributed by atoms with van der Waals surface area (Å²) in [6, 6.07) is 19.4. The number of para-hydroxylation sites is 3. The van der Waals surface area contributed by atoms with Crippen LogP contribution in [0, 0.1) is 0 Å². The summed E-state index contributed by atoms with van der Waals surface area (Å²) in [5.41, 5.74) is 2.95. The number of nitrogens with zero attached hydrogens (tertiary/aromatic N) is 1. The molecule has 2 amide bonds. The average molecular weight is 422 g/mol. The SMILES string of the molecule is COc1ccccc1NC(=O)C(=O)NC[C@@H](c1cccs1)N1CCc2ccccc21. The van der Waals surface area contributed by atoms with Crippen molar-refractivity contribution < 1.29 is 14.3 Å². The van der Waals surface area contributed by atoms with Crippen molar-refractivity contribution in [2.45, 2.75) is 12.5 Å². The molecular formula is C23H23N3O3S. The number of carbonyl (C=O) groups is 2. The first kappa shape index (κ1) is 20.0. The van der Waals surface area contributed by atoms with E-state index < -0.39 is 11.8 Å². The molecule has 0 radical (unpaired) electrons. The maximum absolute atomic E-state index is 12.5. The molecule has 154 valence electrons. The molecule has 0 unspecified atom stereocenters. The third-order valence-corrected chi connectivity index (χ3v) is 6.16. The standard InChI is InChI=1S/C23H23N3O3S/c1-29-20-10-5-3-8-17(20)25-23(28)22(27)24-15-19(21-11-6-14-30-21)26-13-12-16-7-2-4-9-18(16)26/h2-11,14,19H,12-13,15H2,1H3,(H,24,27)(H,25,28)/t19-/m0/s1. The van der Waals surface area contributed by atoms with E-state index in [1.54, 1.807) is 35.6 Å². The van der Waals surface area contributed by atoms with Crippen molar-refractivity contribution in [1.29, 1.82) is 0 Å². The van der Waals surface area contributed by atoms with Crippen molar-refractivity contribution in [2.24, 2.45) is 0 Å². The first-order chi connectivity index (χ1) is 14.7.